The quantitative estimate of drug-likeness (QED) is 0.797. The zero-order valence-electron chi connectivity index (χ0n) is 9.86. The highest BCUT2D eigenvalue weighted by Crippen LogP contribution is 2.24. The molecule has 0 bridgehead atoms. The van der Waals surface area contributed by atoms with Gasteiger partial charge in [-0.25, -0.2) is 0 Å². The minimum Gasteiger partial charge on any atom is -0.276 e. The van der Waals surface area contributed by atoms with E-state index >= 15 is 0 Å². The average Bonchev–Trinajstić information content (AvgIpc) is 2.76. The fourth-order valence-corrected chi connectivity index (χ4v) is 2.38. The van der Waals surface area contributed by atoms with Crippen molar-refractivity contribution in [2.75, 3.05) is 0 Å². The number of carbonyl (C=O) groups excluding carboxylic acids is 2. The van der Waals surface area contributed by atoms with Gasteiger partial charge in [-0.2, -0.15) is 5.10 Å². The van der Waals surface area contributed by atoms with E-state index in [4.69, 9.17) is 0 Å². The van der Waals surface area contributed by atoms with Crippen LogP contribution in [0.3, 0.4) is 0 Å². The van der Waals surface area contributed by atoms with E-state index < -0.39 is 0 Å². The Kier molecular flexibility index (Phi) is 3.33. The summed E-state index contributed by atoms with van der Waals surface area (Å²) >= 11 is 3.46. The number of hydrogen-bond donors (Lipinski definition) is 0. The SMILES string of the molecule is CCn1nc(C)c(Br)c1CN1C(=O)CCC1=O. The predicted molar refractivity (Wildman–Crippen MR) is 65.1 cm³/mol. The van der Waals surface area contributed by atoms with Gasteiger partial charge < -0.3 is 0 Å². The lowest BCUT2D eigenvalue weighted by atomic mass is 10.3. The van der Waals surface area contributed by atoms with Crippen molar-refractivity contribution in [1.29, 1.82) is 0 Å². The third-order valence-electron chi connectivity index (χ3n) is 2.92. The lowest BCUT2D eigenvalue weighted by Crippen LogP contribution is -2.29. The van der Waals surface area contributed by atoms with Gasteiger partial charge in [-0.1, -0.05) is 0 Å². The number of hydrogen-bond acceptors (Lipinski definition) is 3. The number of likely N-dealkylation sites (tertiary alicyclic amines) is 1. The number of rotatable bonds is 3. The first-order valence-corrected chi connectivity index (χ1v) is 6.38. The second-order valence-electron chi connectivity index (χ2n) is 4.04. The summed E-state index contributed by atoms with van der Waals surface area (Å²) in [6.07, 6.45) is 0.658. The van der Waals surface area contributed by atoms with Gasteiger partial charge in [-0.15, -0.1) is 0 Å². The highest BCUT2D eigenvalue weighted by Gasteiger charge is 2.30. The van der Waals surface area contributed by atoms with Crippen molar-refractivity contribution in [3.05, 3.63) is 15.9 Å². The Morgan fingerprint density at radius 1 is 1.29 bits per heavy atom. The van der Waals surface area contributed by atoms with Crippen molar-refractivity contribution >= 4 is 27.7 Å². The van der Waals surface area contributed by atoms with Crippen LogP contribution in [0.4, 0.5) is 0 Å². The summed E-state index contributed by atoms with van der Waals surface area (Å²) in [4.78, 5) is 24.4. The molecule has 1 saturated heterocycles. The molecule has 0 radical (unpaired) electrons. The molecule has 2 rings (SSSR count). The number of aromatic nitrogens is 2. The lowest BCUT2D eigenvalue weighted by molar-refractivity contribution is -0.139. The summed E-state index contributed by atoms with van der Waals surface area (Å²) in [6.45, 7) is 4.91. The van der Waals surface area contributed by atoms with Crippen molar-refractivity contribution in [2.45, 2.75) is 39.8 Å². The molecule has 1 aliphatic rings. The van der Waals surface area contributed by atoms with Crippen LogP contribution in [0, 0.1) is 6.92 Å². The van der Waals surface area contributed by atoms with Gasteiger partial charge in [0.1, 0.15) is 0 Å². The Balaban J connectivity index is 2.29. The number of aryl methyl sites for hydroxylation is 2. The second kappa shape index (κ2) is 4.60. The van der Waals surface area contributed by atoms with Crippen molar-refractivity contribution in [3.63, 3.8) is 0 Å². The molecule has 0 spiro atoms. The van der Waals surface area contributed by atoms with E-state index in [0.717, 1.165) is 22.4 Å². The summed E-state index contributed by atoms with van der Waals surface area (Å²) < 4.78 is 2.70. The molecule has 1 aromatic heterocycles. The summed E-state index contributed by atoms with van der Waals surface area (Å²) in [5.41, 5.74) is 1.76. The Morgan fingerprint density at radius 3 is 2.41 bits per heavy atom. The van der Waals surface area contributed by atoms with E-state index in [9.17, 15) is 9.59 Å². The summed E-state index contributed by atoms with van der Waals surface area (Å²) in [6, 6.07) is 0. The highest BCUT2D eigenvalue weighted by atomic mass is 79.9. The molecule has 0 unspecified atom stereocenters. The fraction of sp³-hybridized carbons (Fsp3) is 0.545. The Morgan fingerprint density at radius 2 is 1.88 bits per heavy atom. The van der Waals surface area contributed by atoms with Crippen LogP contribution < -0.4 is 0 Å². The Labute approximate surface area is 108 Å². The lowest BCUT2D eigenvalue weighted by Gasteiger charge is -2.14. The molecule has 2 heterocycles. The maximum Gasteiger partial charge on any atom is 0.230 e. The van der Waals surface area contributed by atoms with Gasteiger partial charge in [-0.05, 0) is 29.8 Å². The molecule has 0 N–H and O–H groups in total. The smallest absolute Gasteiger partial charge is 0.230 e. The van der Waals surface area contributed by atoms with E-state index in [-0.39, 0.29) is 11.8 Å². The predicted octanol–water partition coefficient (Wildman–Crippen LogP) is 1.62. The molecule has 2 amide bonds. The molecular formula is C11H14BrN3O2. The Bertz CT molecular complexity index is 465. The van der Waals surface area contributed by atoms with Gasteiger partial charge in [0.25, 0.3) is 0 Å². The van der Waals surface area contributed by atoms with Crippen LogP contribution in [-0.2, 0) is 22.7 Å². The second-order valence-corrected chi connectivity index (χ2v) is 4.83. The largest absolute Gasteiger partial charge is 0.276 e. The van der Waals surface area contributed by atoms with E-state index in [1.54, 1.807) is 0 Å². The minimum absolute atomic E-state index is 0.0941. The van der Waals surface area contributed by atoms with Crippen LogP contribution >= 0.6 is 15.9 Å². The van der Waals surface area contributed by atoms with E-state index in [2.05, 4.69) is 21.0 Å². The minimum atomic E-state index is -0.0941. The van der Waals surface area contributed by atoms with Gasteiger partial charge >= 0.3 is 0 Å². The molecule has 1 fully saturated rings. The van der Waals surface area contributed by atoms with Gasteiger partial charge in [-0.3, -0.25) is 19.2 Å². The molecule has 92 valence electrons. The molecule has 0 aliphatic carbocycles. The fourth-order valence-electron chi connectivity index (χ4n) is 1.97. The molecule has 1 aromatic rings. The molecule has 0 aromatic carbocycles. The topological polar surface area (TPSA) is 55.2 Å². The number of halogens is 1. The normalized spacial score (nSPS) is 16.1. The molecule has 0 saturated carbocycles. The van der Waals surface area contributed by atoms with Gasteiger partial charge in [0.15, 0.2) is 0 Å². The molecule has 0 atom stereocenters. The zero-order chi connectivity index (χ0) is 12.6. The highest BCUT2D eigenvalue weighted by molar-refractivity contribution is 9.10. The molecule has 5 nitrogen and oxygen atoms in total. The third-order valence-corrected chi connectivity index (χ3v) is 3.95. The van der Waals surface area contributed by atoms with Crippen LogP contribution in [0.15, 0.2) is 4.47 Å². The van der Waals surface area contributed by atoms with Crippen molar-refractivity contribution in [3.8, 4) is 0 Å². The van der Waals surface area contributed by atoms with Crippen LogP contribution in [-0.4, -0.2) is 26.5 Å². The zero-order valence-corrected chi connectivity index (χ0v) is 11.5. The van der Waals surface area contributed by atoms with Crippen molar-refractivity contribution < 1.29 is 9.59 Å². The van der Waals surface area contributed by atoms with E-state index in [0.29, 0.717) is 19.4 Å². The molecule has 1 aliphatic heterocycles. The molecule has 17 heavy (non-hydrogen) atoms. The summed E-state index contributed by atoms with van der Waals surface area (Å²) in [5, 5.41) is 4.34. The first-order chi connectivity index (χ1) is 8.04. The van der Waals surface area contributed by atoms with Gasteiger partial charge in [0.2, 0.25) is 11.8 Å². The monoisotopic (exact) mass is 299 g/mol. The molecular weight excluding hydrogens is 286 g/mol. The summed E-state index contributed by atoms with van der Waals surface area (Å²) in [5.74, 6) is -0.188. The van der Waals surface area contributed by atoms with Crippen molar-refractivity contribution in [2.24, 2.45) is 0 Å². The number of nitrogens with zero attached hydrogens (tertiary/aromatic N) is 3. The maximum atomic E-state index is 11.6. The van der Waals surface area contributed by atoms with Gasteiger partial charge in [0.05, 0.1) is 22.4 Å². The van der Waals surface area contributed by atoms with Crippen LogP contribution in [0.5, 0.6) is 0 Å². The molecule has 6 heteroatoms. The third kappa shape index (κ3) is 2.13. The first-order valence-electron chi connectivity index (χ1n) is 5.59. The first kappa shape index (κ1) is 12.3. The van der Waals surface area contributed by atoms with E-state index in [1.165, 1.54) is 4.90 Å². The van der Waals surface area contributed by atoms with Gasteiger partial charge in [0, 0.05) is 19.4 Å². The average molecular weight is 300 g/mol. The van der Waals surface area contributed by atoms with Crippen LogP contribution in [0.25, 0.3) is 0 Å². The van der Waals surface area contributed by atoms with Crippen LogP contribution in [0.1, 0.15) is 31.2 Å². The standard InChI is InChI=1S/C11H14BrN3O2/c1-3-15-8(11(12)7(2)13-15)6-14-9(16)4-5-10(14)17/h3-6H2,1-2H3. The van der Waals surface area contributed by atoms with Crippen molar-refractivity contribution in [1.82, 2.24) is 14.7 Å². The number of imide groups is 1. The summed E-state index contributed by atoms with van der Waals surface area (Å²) in [7, 11) is 0. The Hall–Kier alpha value is -1.17. The maximum absolute atomic E-state index is 11.6. The van der Waals surface area contributed by atoms with Crippen LogP contribution in [0.2, 0.25) is 0 Å². The number of amides is 2. The number of carbonyl (C=O) groups is 2. The van der Waals surface area contributed by atoms with E-state index in [1.807, 2.05) is 18.5 Å².